The Labute approximate surface area is 128 Å². The topological polar surface area (TPSA) is 102 Å². The Kier molecular flexibility index (Phi) is 3.74. The third kappa shape index (κ3) is 3.43. The summed E-state index contributed by atoms with van der Waals surface area (Å²) in [6.45, 7) is 0. The average Bonchev–Trinajstić information content (AvgIpc) is 2.49. The van der Waals surface area contributed by atoms with Crippen molar-refractivity contribution in [2.75, 3.05) is 22.1 Å². The minimum Gasteiger partial charge on any atom is -0.399 e. The second-order valence-corrected chi connectivity index (χ2v) is 4.80. The lowest BCUT2D eigenvalue weighted by atomic mass is 10.3. The first-order valence-corrected chi connectivity index (χ1v) is 6.76. The van der Waals surface area contributed by atoms with Crippen molar-refractivity contribution in [1.82, 2.24) is 9.97 Å². The Bertz CT molecular complexity index is 703. The fourth-order valence-electron chi connectivity index (χ4n) is 1.99. The number of rotatable bonds is 4. The molecule has 3 rings (SSSR count). The zero-order valence-corrected chi connectivity index (χ0v) is 11.8. The first-order valence-electron chi connectivity index (χ1n) is 6.76. The smallest absolute Gasteiger partial charge is 0.227 e. The molecule has 6 heteroatoms. The van der Waals surface area contributed by atoms with Gasteiger partial charge in [0.1, 0.15) is 0 Å². The second-order valence-electron chi connectivity index (χ2n) is 4.80. The molecule has 0 aliphatic carbocycles. The van der Waals surface area contributed by atoms with Crippen LogP contribution in [0.5, 0.6) is 0 Å². The standard InChI is InChI=1S/C16H16N6/c17-11-3-1-5-13(7-11)21-15-9-19-16(20-10-15)22-14-6-2-4-12(18)8-14/h1-10,21H,17-18H2,(H,19,20,22). The van der Waals surface area contributed by atoms with E-state index in [0.717, 1.165) is 17.1 Å². The molecule has 6 nitrogen and oxygen atoms in total. The summed E-state index contributed by atoms with van der Waals surface area (Å²) >= 11 is 0. The maximum atomic E-state index is 5.74. The van der Waals surface area contributed by atoms with Gasteiger partial charge in [-0.2, -0.15) is 0 Å². The van der Waals surface area contributed by atoms with E-state index >= 15 is 0 Å². The van der Waals surface area contributed by atoms with Crippen LogP contribution in [0.15, 0.2) is 60.9 Å². The number of nitrogen functional groups attached to an aromatic ring is 2. The number of anilines is 6. The average molecular weight is 292 g/mol. The molecule has 0 radical (unpaired) electrons. The number of nitrogens with two attached hydrogens (primary N) is 2. The lowest BCUT2D eigenvalue weighted by molar-refractivity contribution is 1.17. The van der Waals surface area contributed by atoms with Gasteiger partial charge in [-0.1, -0.05) is 12.1 Å². The maximum Gasteiger partial charge on any atom is 0.227 e. The van der Waals surface area contributed by atoms with Crippen molar-refractivity contribution in [3.05, 3.63) is 60.9 Å². The summed E-state index contributed by atoms with van der Waals surface area (Å²) in [5.41, 5.74) is 15.4. The molecule has 22 heavy (non-hydrogen) atoms. The van der Waals surface area contributed by atoms with E-state index in [1.165, 1.54) is 0 Å². The highest BCUT2D eigenvalue weighted by Crippen LogP contribution is 2.19. The van der Waals surface area contributed by atoms with E-state index in [1.54, 1.807) is 12.4 Å². The summed E-state index contributed by atoms with van der Waals surface area (Å²) in [4.78, 5) is 8.53. The molecule has 1 heterocycles. The lowest BCUT2D eigenvalue weighted by Crippen LogP contribution is -1.99. The maximum absolute atomic E-state index is 5.74. The Balaban J connectivity index is 1.70. The zero-order valence-electron chi connectivity index (χ0n) is 11.8. The minimum absolute atomic E-state index is 0.503. The highest BCUT2D eigenvalue weighted by Gasteiger charge is 2.00. The van der Waals surface area contributed by atoms with Crippen molar-refractivity contribution in [2.45, 2.75) is 0 Å². The van der Waals surface area contributed by atoms with Crippen LogP contribution in [0.1, 0.15) is 0 Å². The third-order valence-corrected chi connectivity index (χ3v) is 2.97. The molecule has 0 atom stereocenters. The van der Waals surface area contributed by atoms with E-state index in [1.807, 2.05) is 48.5 Å². The van der Waals surface area contributed by atoms with Gasteiger partial charge < -0.3 is 22.1 Å². The van der Waals surface area contributed by atoms with E-state index in [9.17, 15) is 0 Å². The minimum atomic E-state index is 0.503. The molecular formula is C16H16N6. The van der Waals surface area contributed by atoms with Crippen molar-refractivity contribution in [2.24, 2.45) is 0 Å². The number of nitrogens with one attached hydrogen (secondary N) is 2. The van der Waals surface area contributed by atoms with Crippen molar-refractivity contribution >= 4 is 34.4 Å². The van der Waals surface area contributed by atoms with Crippen LogP contribution < -0.4 is 22.1 Å². The van der Waals surface area contributed by atoms with E-state index in [0.29, 0.717) is 17.3 Å². The Morgan fingerprint density at radius 3 is 1.77 bits per heavy atom. The van der Waals surface area contributed by atoms with E-state index in [-0.39, 0.29) is 0 Å². The molecule has 2 aromatic carbocycles. The van der Waals surface area contributed by atoms with E-state index in [2.05, 4.69) is 20.6 Å². The molecule has 0 spiro atoms. The summed E-state index contributed by atoms with van der Waals surface area (Å²) in [5, 5.41) is 6.29. The van der Waals surface area contributed by atoms with Gasteiger partial charge in [-0.15, -0.1) is 0 Å². The quantitative estimate of drug-likeness (QED) is 0.551. The van der Waals surface area contributed by atoms with Crippen LogP contribution in [0.2, 0.25) is 0 Å². The van der Waals surface area contributed by atoms with E-state index < -0.39 is 0 Å². The summed E-state index contributed by atoms with van der Waals surface area (Å²) in [6.07, 6.45) is 3.40. The third-order valence-electron chi connectivity index (χ3n) is 2.97. The Morgan fingerprint density at radius 2 is 1.23 bits per heavy atom. The molecule has 0 unspecified atom stereocenters. The van der Waals surface area contributed by atoms with Crippen molar-refractivity contribution < 1.29 is 0 Å². The van der Waals surface area contributed by atoms with Gasteiger partial charge in [-0.25, -0.2) is 9.97 Å². The summed E-state index contributed by atoms with van der Waals surface area (Å²) in [5.74, 6) is 0.503. The van der Waals surface area contributed by atoms with Crippen LogP contribution in [-0.4, -0.2) is 9.97 Å². The summed E-state index contributed by atoms with van der Waals surface area (Å²) in [6, 6.07) is 14.9. The number of hydrogen-bond donors (Lipinski definition) is 4. The summed E-state index contributed by atoms with van der Waals surface area (Å²) < 4.78 is 0. The predicted molar refractivity (Wildman–Crippen MR) is 90.3 cm³/mol. The molecule has 110 valence electrons. The van der Waals surface area contributed by atoms with Crippen LogP contribution in [0.4, 0.5) is 34.4 Å². The fourth-order valence-corrected chi connectivity index (χ4v) is 1.99. The van der Waals surface area contributed by atoms with Crippen LogP contribution in [0.3, 0.4) is 0 Å². The van der Waals surface area contributed by atoms with Gasteiger partial charge in [-0.05, 0) is 36.4 Å². The molecule has 0 aliphatic heterocycles. The Hall–Kier alpha value is -3.28. The SMILES string of the molecule is Nc1cccc(Nc2cnc(Nc3cccc(N)c3)nc2)c1. The van der Waals surface area contributed by atoms with Gasteiger partial charge in [0.25, 0.3) is 0 Å². The Morgan fingerprint density at radius 1 is 0.682 bits per heavy atom. The lowest BCUT2D eigenvalue weighted by Gasteiger charge is -2.08. The molecule has 0 bridgehead atoms. The molecule has 0 amide bonds. The molecule has 0 saturated carbocycles. The van der Waals surface area contributed by atoms with Gasteiger partial charge >= 0.3 is 0 Å². The molecule has 0 saturated heterocycles. The highest BCUT2D eigenvalue weighted by atomic mass is 15.1. The molecule has 0 fully saturated rings. The van der Waals surface area contributed by atoms with Crippen molar-refractivity contribution in [1.29, 1.82) is 0 Å². The van der Waals surface area contributed by atoms with Gasteiger partial charge in [0, 0.05) is 22.7 Å². The van der Waals surface area contributed by atoms with Gasteiger partial charge in [0.15, 0.2) is 0 Å². The van der Waals surface area contributed by atoms with Gasteiger partial charge in [0.2, 0.25) is 5.95 Å². The highest BCUT2D eigenvalue weighted by molar-refractivity contribution is 5.64. The number of hydrogen-bond acceptors (Lipinski definition) is 6. The van der Waals surface area contributed by atoms with E-state index in [4.69, 9.17) is 11.5 Å². The van der Waals surface area contributed by atoms with Gasteiger partial charge in [-0.3, -0.25) is 0 Å². The monoisotopic (exact) mass is 292 g/mol. The largest absolute Gasteiger partial charge is 0.399 e. The molecule has 3 aromatic rings. The molecule has 0 aliphatic rings. The van der Waals surface area contributed by atoms with Crippen molar-refractivity contribution in [3.63, 3.8) is 0 Å². The molecule has 6 N–H and O–H groups in total. The predicted octanol–water partition coefficient (Wildman–Crippen LogP) is 3.13. The van der Waals surface area contributed by atoms with Crippen LogP contribution >= 0.6 is 0 Å². The second kappa shape index (κ2) is 6.01. The molecule has 1 aromatic heterocycles. The zero-order chi connectivity index (χ0) is 15.4. The number of aromatic nitrogens is 2. The van der Waals surface area contributed by atoms with Gasteiger partial charge in [0.05, 0.1) is 18.1 Å². The number of nitrogens with zero attached hydrogens (tertiary/aromatic N) is 2. The number of benzene rings is 2. The normalized spacial score (nSPS) is 10.2. The fraction of sp³-hybridized carbons (Fsp3) is 0. The first kappa shape index (κ1) is 13.7. The molecular weight excluding hydrogens is 276 g/mol. The van der Waals surface area contributed by atoms with Crippen LogP contribution in [0, 0.1) is 0 Å². The van der Waals surface area contributed by atoms with Crippen LogP contribution in [-0.2, 0) is 0 Å². The summed E-state index contributed by atoms with van der Waals surface area (Å²) in [7, 11) is 0. The van der Waals surface area contributed by atoms with Crippen molar-refractivity contribution in [3.8, 4) is 0 Å². The first-order chi connectivity index (χ1) is 10.7. The van der Waals surface area contributed by atoms with Crippen LogP contribution in [0.25, 0.3) is 0 Å².